The summed E-state index contributed by atoms with van der Waals surface area (Å²) in [5.41, 5.74) is 2.58. The number of carbonyl (C=O) groups excluding carboxylic acids is 3. The first-order valence-electron chi connectivity index (χ1n) is 8.80. The van der Waals surface area contributed by atoms with Gasteiger partial charge in [0.05, 0.1) is 30.2 Å². The lowest BCUT2D eigenvalue weighted by Gasteiger charge is -2.12. The number of nitrogens with one attached hydrogen (secondary N) is 2. The van der Waals surface area contributed by atoms with E-state index in [-0.39, 0.29) is 16.9 Å². The molecule has 0 bridgehead atoms. The summed E-state index contributed by atoms with van der Waals surface area (Å²) < 4.78 is 40.3. The van der Waals surface area contributed by atoms with Gasteiger partial charge in [-0.1, -0.05) is 18.2 Å². The topological polar surface area (TPSA) is 141 Å². The first kappa shape index (κ1) is 22.0. The van der Waals surface area contributed by atoms with Gasteiger partial charge in [-0.3, -0.25) is 10.2 Å². The molecular weight excluding hydrogens is 428 g/mol. The Morgan fingerprint density at radius 3 is 2.29 bits per heavy atom. The molecule has 0 unspecified atom stereocenters. The van der Waals surface area contributed by atoms with Crippen molar-refractivity contribution in [2.24, 2.45) is 0 Å². The number of ether oxygens (including phenoxy) is 2. The zero-order chi connectivity index (χ0) is 22.8. The number of aryl methyl sites for hydroxylation is 1. The number of benzene rings is 2. The molecule has 162 valence electrons. The van der Waals surface area contributed by atoms with Crippen molar-refractivity contribution in [3.8, 4) is 0 Å². The van der Waals surface area contributed by atoms with Gasteiger partial charge in [-0.05, 0) is 31.2 Å². The highest BCUT2D eigenvalue weighted by Crippen LogP contribution is 2.25. The lowest BCUT2D eigenvalue weighted by atomic mass is 10.1. The van der Waals surface area contributed by atoms with Crippen molar-refractivity contribution >= 4 is 38.8 Å². The number of hydrogen-bond donors (Lipinski definition) is 2. The zero-order valence-corrected chi connectivity index (χ0v) is 17.5. The van der Waals surface area contributed by atoms with Gasteiger partial charge in [-0.25, -0.2) is 18.0 Å². The van der Waals surface area contributed by atoms with Crippen LogP contribution in [0.1, 0.15) is 36.8 Å². The van der Waals surface area contributed by atoms with E-state index in [1.165, 1.54) is 6.07 Å². The standard InChI is InChI=1S/C20H18N2O8S/c1-11-13-6-4-5-7-15(13)30-17(11)18(23)21-22-31(26,27)16-10-12(19(24)28-2)8-9-14(16)20(25)29-3/h4-10,22H,1-3H3,(H,21,23). The fourth-order valence-electron chi connectivity index (χ4n) is 2.88. The molecule has 0 saturated heterocycles. The van der Waals surface area contributed by atoms with Crippen LogP contribution < -0.4 is 10.3 Å². The lowest BCUT2D eigenvalue weighted by molar-refractivity contribution is 0.0583. The number of rotatable bonds is 6. The Bertz CT molecular complexity index is 1290. The van der Waals surface area contributed by atoms with Crippen LogP contribution in [-0.2, 0) is 19.5 Å². The number of sulfonamides is 1. The molecule has 0 atom stereocenters. The van der Waals surface area contributed by atoms with Crippen LogP contribution in [0.4, 0.5) is 0 Å². The average Bonchev–Trinajstić information content (AvgIpc) is 3.12. The SMILES string of the molecule is COC(=O)c1ccc(C(=O)OC)c(S(=O)(=O)NNC(=O)c2oc3ccccc3c2C)c1. The second-order valence-electron chi connectivity index (χ2n) is 6.31. The molecule has 1 heterocycles. The molecule has 11 heteroatoms. The third-order valence-electron chi connectivity index (χ3n) is 4.45. The number of amides is 1. The van der Waals surface area contributed by atoms with Crippen LogP contribution in [0.15, 0.2) is 51.8 Å². The molecule has 0 fully saturated rings. The van der Waals surface area contributed by atoms with Crippen molar-refractivity contribution in [1.82, 2.24) is 10.3 Å². The first-order valence-corrected chi connectivity index (χ1v) is 10.3. The monoisotopic (exact) mass is 446 g/mol. The number of esters is 2. The highest BCUT2D eigenvalue weighted by Gasteiger charge is 2.27. The number of hydrogen-bond acceptors (Lipinski definition) is 8. The van der Waals surface area contributed by atoms with Crippen LogP contribution in [-0.4, -0.2) is 40.5 Å². The molecular formula is C20H18N2O8S. The van der Waals surface area contributed by atoms with Gasteiger partial charge < -0.3 is 13.9 Å². The van der Waals surface area contributed by atoms with Crippen molar-refractivity contribution in [3.05, 3.63) is 64.9 Å². The third kappa shape index (κ3) is 4.27. The second kappa shape index (κ2) is 8.58. The van der Waals surface area contributed by atoms with Crippen LogP contribution in [0.2, 0.25) is 0 Å². The van der Waals surface area contributed by atoms with E-state index in [4.69, 9.17) is 4.42 Å². The van der Waals surface area contributed by atoms with Gasteiger partial charge in [0.1, 0.15) is 5.58 Å². The van der Waals surface area contributed by atoms with Crippen molar-refractivity contribution < 1.29 is 36.7 Å². The van der Waals surface area contributed by atoms with Crippen molar-refractivity contribution in [2.75, 3.05) is 14.2 Å². The molecule has 0 radical (unpaired) electrons. The van der Waals surface area contributed by atoms with E-state index in [2.05, 4.69) is 9.47 Å². The fourth-order valence-corrected chi connectivity index (χ4v) is 3.94. The van der Waals surface area contributed by atoms with Crippen LogP contribution in [0.25, 0.3) is 11.0 Å². The molecule has 0 aliphatic heterocycles. The molecule has 0 saturated carbocycles. The minimum Gasteiger partial charge on any atom is -0.465 e. The van der Waals surface area contributed by atoms with E-state index < -0.39 is 32.8 Å². The number of para-hydroxylation sites is 1. The Morgan fingerprint density at radius 2 is 1.65 bits per heavy atom. The number of carbonyl (C=O) groups is 3. The van der Waals surface area contributed by atoms with E-state index in [0.717, 1.165) is 26.4 Å². The quantitative estimate of drug-likeness (QED) is 0.432. The van der Waals surface area contributed by atoms with Gasteiger partial charge in [0.2, 0.25) is 0 Å². The molecule has 0 aliphatic carbocycles. The van der Waals surface area contributed by atoms with E-state index in [1.807, 2.05) is 10.3 Å². The largest absolute Gasteiger partial charge is 0.465 e. The maximum Gasteiger partial charge on any atom is 0.339 e. The summed E-state index contributed by atoms with van der Waals surface area (Å²) in [4.78, 5) is 37.6. The predicted molar refractivity (Wildman–Crippen MR) is 108 cm³/mol. The van der Waals surface area contributed by atoms with Gasteiger partial charge >= 0.3 is 17.8 Å². The molecule has 1 aromatic heterocycles. The zero-order valence-electron chi connectivity index (χ0n) is 16.7. The van der Waals surface area contributed by atoms with Crippen LogP contribution in [0.3, 0.4) is 0 Å². The van der Waals surface area contributed by atoms with Gasteiger partial charge in [-0.15, -0.1) is 4.83 Å². The molecule has 2 aromatic carbocycles. The molecule has 0 aliphatic rings. The number of furan rings is 1. The highest BCUT2D eigenvalue weighted by atomic mass is 32.2. The number of methoxy groups -OCH3 is 2. The minimum atomic E-state index is -4.49. The minimum absolute atomic E-state index is 0.0830. The lowest BCUT2D eigenvalue weighted by Crippen LogP contribution is -2.42. The Labute approximate surface area is 177 Å². The summed E-state index contributed by atoms with van der Waals surface area (Å²) in [6, 6.07) is 10.2. The smallest absolute Gasteiger partial charge is 0.339 e. The van der Waals surface area contributed by atoms with Crippen molar-refractivity contribution in [2.45, 2.75) is 11.8 Å². The van der Waals surface area contributed by atoms with E-state index in [9.17, 15) is 22.8 Å². The van der Waals surface area contributed by atoms with Gasteiger partial charge in [-0.2, -0.15) is 0 Å². The average molecular weight is 446 g/mol. The van der Waals surface area contributed by atoms with E-state index in [0.29, 0.717) is 16.5 Å². The van der Waals surface area contributed by atoms with Crippen molar-refractivity contribution in [3.63, 3.8) is 0 Å². The maximum absolute atomic E-state index is 12.8. The van der Waals surface area contributed by atoms with E-state index in [1.54, 1.807) is 31.2 Å². The van der Waals surface area contributed by atoms with Crippen LogP contribution in [0, 0.1) is 6.92 Å². The number of hydrazine groups is 1. The molecule has 31 heavy (non-hydrogen) atoms. The van der Waals surface area contributed by atoms with Crippen molar-refractivity contribution in [1.29, 1.82) is 0 Å². The molecule has 1 amide bonds. The van der Waals surface area contributed by atoms with Crippen LogP contribution in [0.5, 0.6) is 0 Å². The molecule has 0 spiro atoms. The second-order valence-corrected chi connectivity index (χ2v) is 7.96. The summed E-state index contributed by atoms with van der Waals surface area (Å²) >= 11 is 0. The summed E-state index contributed by atoms with van der Waals surface area (Å²) in [6.07, 6.45) is 0. The first-order chi connectivity index (χ1) is 14.7. The highest BCUT2D eigenvalue weighted by molar-refractivity contribution is 7.89. The molecule has 3 rings (SSSR count). The Balaban J connectivity index is 1.92. The van der Waals surface area contributed by atoms with E-state index >= 15 is 0 Å². The molecule has 3 aromatic rings. The predicted octanol–water partition coefficient (Wildman–Crippen LogP) is 1.94. The van der Waals surface area contributed by atoms with Crippen LogP contribution >= 0.6 is 0 Å². The fraction of sp³-hybridized carbons (Fsp3) is 0.150. The summed E-state index contributed by atoms with van der Waals surface area (Å²) in [5, 5.41) is 0.703. The third-order valence-corrected chi connectivity index (χ3v) is 5.73. The summed E-state index contributed by atoms with van der Waals surface area (Å²) in [6.45, 7) is 1.66. The van der Waals surface area contributed by atoms with Gasteiger partial charge in [0.15, 0.2) is 5.76 Å². The Morgan fingerprint density at radius 1 is 0.968 bits per heavy atom. The Hall–Kier alpha value is -3.70. The van der Waals surface area contributed by atoms with Gasteiger partial charge in [0, 0.05) is 10.9 Å². The van der Waals surface area contributed by atoms with Gasteiger partial charge in [0.25, 0.3) is 10.0 Å². The molecule has 2 N–H and O–H groups in total. The summed E-state index contributed by atoms with van der Waals surface area (Å²) in [5.74, 6) is -2.69. The molecule has 10 nitrogen and oxygen atoms in total. The number of fused-ring (bicyclic) bond motifs is 1. The Kier molecular flexibility index (Phi) is 6.09. The maximum atomic E-state index is 12.8. The normalized spacial score (nSPS) is 11.2. The summed E-state index contributed by atoms with van der Waals surface area (Å²) in [7, 11) is -2.29.